The van der Waals surface area contributed by atoms with E-state index < -0.39 is 11.9 Å². The van der Waals surface area contributed by atoms with E-state index in [4.69, 9.17) is 5.11 Å². The zero-order valence-corrected chi connectivity index (χ0v) is 8.33. The van der Waals surface area contributed by atoms with Crippen LogP contribution < -0.4 is 0 Å². The second-order valence-electron chi connectivity index (χ2n) is 3.80. The minimum Gasteiger partial charge on any atom is -0.481 e. The maximum Gasteiger partial charge on any atom is 0.310 e. The zero-order valence-electron chi connectivity index (χ0n) is 8.33. The molecule has 1 aromatic rings. The predicted molar refractivity (Wildman–Crippen MR) is 54.9 cm³/mol. The fraction of sp³-hybridized carbons (Fsp3) is 0.250. The van der Waals surface area contributed by atoms with Crippen molar-refractivity contribution in [3.8, 4) is 0 Å². The quantitative estimate of drug-likeness (QED) is 0.807. The fourth-order valence-electron chi connectivity index (χ4n) is 1.78. The molecule has 1 N–H and O–H groups in total. The van der Waals surface area contributed by atoms with Crippen LogP contribution in [0.15, 0.2) is 23.8 Å². The number of carboxylic acids is 1. The molecule has 0 radical (unpaired) electrons. The maximum absolute atomic E-state index is 12.9. The Hall–Kier alpha value is -1.64. The molecule has 0 fully saturated rings. The highest BCUT2D eigenvalue weighted by Crippen LogP contribution is 2.29. The van der Waals surface area contributed by atoms with Gasteiger partial charge in [0.25, 0.3) is 0 Å². The van der Waals surface area contributed by atoms with Gasteiger partial charge in [0.15, 0.2) is 0 Å². The molecule has 78 valence electrons. The Bertz CT molecular complexity index is 449. The molecule has 0 heterocycles. The number of carbonyl (C=O) groups is 1. The summed E-state index contributed by atoms with van der Waals surface area (Å²) in [6.45, 7) is 1.65. The van der Waals surface area contributed by atoms with Crippen molar-refractivity contribution in [1.29, 1.82) is 0 Å². The molecule has 2 rings (SSSR count). The lowest BCUT2D eigenvalue weighted by molar-refractivity contribution is -0.139. The molecule has 0 spiro atoms. The molecule has 0 bridgehead atoms. The lowest BCUT2D eigenvalue weighted by Gasteiger charge is -2.06. The van der Waals surface area contributed by atoms with Gasteiger partial charge in [0, 0.05) is 0 Å². The van der Waals surface area contributed by atoms with Crippen LogP contribution in [0.25, 0.3) is 6.08 Å². The number of halogens is 1. The van der Waals surface area contributed by atoms with E-state index in [0.717, 1.165) is 16.7 Å². The third kappa shape index (κ3) is 1.77. The predicted octanol–water partition coefficient (Wildman–Crippen LogP) is 2.49. The number of fused-ring (bicyclic) bond motifs is 1. The van der Waals surface area contributed by atoms with E-state index in [1.54, 1.807) is 13.0 Å². The van der Waals surface area contributed by atoms with Gasteiger partial charge in [-0.25, -0.2) is 4.39 Å². The van der Waals surface area contributed by atoms with Gasteiger partial charge >= 0.3 is 5.97 Å². The maximum atomic E-state index is 12.9. The van der Waals surface area contributed by atoms with E-state index in [2.05, 4.69) is 0 Å². The first kappa shape index (κ1) is 9.90. The molecule has 2 nitrogen and oxygen atoms in total. The number of carboxylic acid groups (broad SMARTS) is 1. The van der Waals surface area contributed by atoms with Crippen LogP contribution in [0.4, 0.5) is 4.39 Å². The van der Waals surface area contributed by atoms with E-state index in [1.807, 2.05) is 6.08 Å². The van der Waals surface area contributed by atoms with Gasteiger partial charge in [-0.15, -0.1) is 0 Å². The topological polar surface area (TPSA) is 37.3 Å². The summed E-state index contributed by atoms with van der Waals surface area (Å²) in [6, 6.07) is 4.54. The number of hydrogen-bond donors (Lipinski definition) is 1. The third-order valence-electron chi connectivity index (χ3n) is 2.77. The molecule has 3 heteroatoms. The SMILES string of the molecule is CC(C(=O)O)C1=Cc2ccc(F)cc2C1. The summed E-state index contributed by atoms with van der Waals surface area (Å²) in [5, 5.41) is 8.86. The molecule has 0 saturated heterocycles. The largest absolute Gasteiger partial charge is 0.481 e. The molecule has 0 aliphatic heterocycles. The summed E-state index contributed by atoms with van der Waals surface area (Å²) in [5.74, 6) is -1.61. The van der Waals surface area contributed by atoms with Crippen LogP contribution in [0.5, 0.6) is 0 Å². The highest BCUT2D eigenvalue weighted by atomic mass is 19.1. The van der Waals surface area contributed by atoms with Crippen molar-refractivity contribution in [1.82, 2.24) is 0 Å². The van der Waals surface area contributed by atoms with Gasteiger partial charge in [0.05, 0.1) is 5.92 Å². The summed E-state index contributed by atoms with van der Waals surface area (Å²) in [4.78, 5) is 10.8. The van der Waals surface area contributed by atoms with Crippen molar-refractivity contribution >= 4 is 12.0 Å². The Labute approximate surface area is 87.0 Å². The molecule has 0 saturated carbocycles. The van der Waals surface area contributed by atoms with Crippen LogP contribution in [0.3, 0.4) is 0 Å². The molecule has 0 amide bonds. The molecule has 1 aromatic carbocycles. The Balaban J connectivity index is 2.29. The summed E-state index contributed by atoms with van der Waals surface area (Å²) in [7, 11) is 0. The summed E-state index contributed by atoms with van der Waals surface area (Å²) < 4.78 is 12.9. The minimum absolute atomic E-state index is 0.272. The standard InChI is InChI=1S/C12H11FO2/c1-7(12(14)15)9-4-8-2-3-11(13)6-10(8)5-9/h2-4,6-7H,5H2,1H3,(H,14,15). The van der Waals surface area contributed by atoms with Crippen LogP contribution in [0, 0.1) is 11.7 Å². The smallest absolute Gasteiger partial charge is 0.310 e. The summed E-state index contributed by atoms with van der Waals surface area (Å²) in [5.41, 5.74) is 2.64. The molecule has 1 unspecified atom stereocenters. The second kappa shape index (κ2) is 3.50. The van der Waals surface area contributed by atoms with Gasteiger partial charge in [-0.2, -0.15) is 0 Å². The number of benzene rings is 1. The van der Waals surface area contributed by atoms with Crippen molar-refractivity contribution in [2.75, 3.05) is 0 Å². The molecule has 1 aliphatic carbocycles. The summed E-state index contributed by atoms with van der Waals surface area (Å²) in [6.07, 6.45) is 2.38. The molecule has 1 atom stereocenters. The van der Waals surface area contributed by atoms with Crippen LogP contribution in [0.1, 0.15) is 18.1 Å². The van der Waals surface area contributed by atoms with Gasteiger partial charge in [0.2, 0.25) is 0 Å². The lowest BCUT2D eigenvalue weighted by Crippen LogP contribution is -2.12. The second-order valence-corrected chi connectivity index (χ2v) is 3.80. The third-order valence-corrected chi connectivity index (χ3v) is 2.77. The molecular weight excluding hydrogens is 195 g/mol. The van der Waals surface area contributed by atoms with E-state index in [9.17, 15) is 9.18 Å². The van der Waals surface area contributed by atoms with Gasteiger partial charge < -0.3 is 5.11 Å². The van der Waals surface area contributed by atoms with E-state index in [1.165, 1.54) is 12.1 Å². The Morgan fingerprint density at radius 3 is 2.93 bits per heavy atom. The fourth-order valence-corrected chi connectivity index (χ4v) is 1.78. The first-order valence-electron chi connectivity index (χ1n) is 4.79. The number of aliphatic carboxylic acids is 1. The Morgan fingerprint density at radius 2 is 2.27 bits per heavy atom. The lowest BCUT2D eigenvalue weighted by atomic mass is 9.99. The molecule has 0 aromatic heterocycles. The van der Waals surface area contributed by atoms with Crippen LogP contribution in [0.2, 0.25) is 0 Å². The van der Waals surface area contributed by atoms with E-state index in [0.29, 0.717) is 6.42 Å². The van der Waals surface area contributed by atoms with Crippen molar-refractivity contribution < 1.29 is 14.3 Å². The van der Waals surface area contributed by atoms with Crippen LogP contribution in [-0.4, -0.2) is 11.1 Å². The molecule has 15 heavy (non-hydrogen) atoms. The van der Waals surface area contributed by atoms with E-state index in [-0.39, 0.29) is 5.82 Å². The Morgan fingerprint density at radius 1 is 1.53 bits per heavy atom. The van der Waals surface area contributed by atoms with Crippen molar-refractivity contribution in [3.05, 3.63) is 40.7 Å². The molecular formula is C12H11FO2. The highest BCUT2D eigenvalue weighted by Gasteiger charge is 2.22. The first-order valence-corrected chi connectivity index (χ1v) is 4.79. The van der Waals surface area contributed by atoms with Gasteiger partial charge in [-0.05, 0) is 36.6 Å². The van der Waals surface area contributed by atoms with Crippen molar-refractivity contribution in [3.63, 3.8) is 0 Å². The minimum atomic E-state index is -0.838. The highest BCUT2D eigenvalue weighted by molar-refractivity contribution is 5.78. The first-order chi connectivity index (χ1) is 7.08. The van der Waals surface area contributed by atoms with Gasteiger partial charge in [-0.1, -0.05) is 17.7 Å². The molecule has 1 aliphatic rings. The van der Waals surface area contributed by atoms with Crippen LogP contribution >= 0.6 is 0 Å². The monoisotopic (exact) mass is 206 g/mol. The van der Waals surface area contributed by atoms with Gasteiger partial charge in [-0.3, -0.25) is 4.79 Å². The zero-order chi connectivity index (χ0) is 11.0. The van der Waals surface area contributed by atoms with Crippen molar-refractivity contribution in [2.24, 2.45) is 5.92 Å². The van der Waals surface area contributed by atoms with Crippen LogP contribution in [-0.2, 0) is 11.2 Å². The van der Waals surface area contributed by atoms with Gasteiger partial charge in [0.1, 0.15) is 5.82 Å². The van der Waals surface area contributed by atoms with E-state index >= 15 is 0 Å². The average molecular weight is 206 g/mol. The normalized spacial score (nSPS) is 15.7. The average Bonchev–Trinajstić information content (AvgIpc) is 2.58. The Kier molecular flexibility index (Phi) is 2.31. The number of hydrogen-bond acceptors (Lipinski definition) is 1. The van der Waals surface area contributed by atoms with Crippen molar-refractivity contribution in [2.45, 2.75) is 13.3 Å². The summed E-state index contributed by atoms with van der Waals surface area (Å²) >= 11 is 0. The number of rotatable bonds is 2.